The van der Waals surface area contributed by atoms with Crippen molar-refractivity contribution in [2.45, 2.75) is 26.4 Å². The van der Waals surface area contributed by atoms with Crippen molar-refractivity contribution in [3.63, 3.8) is 0 Å². The number of benzene rings is 1. The van der Waals surface area contributed by atoms with Gasteiger partial charge in [-0.3, -0.25) is 5.32 Å². The Labute approximate surface area is 165 Å². The molecule has 0 fully saturated rings. The van der Waals surface area contributed by atoms with Crippen molar-refractivity contribution >= 4 is 57.6 Å². The highest BCUT2D eigenvalue weighted by Gasteiger charge is 2.20. The average molecular weight is 414 g/mol. The fourth-order valence-corrected chi connectivity index (χ4v) is 3.06. The summed E-state index contributed by atoms with van der Waals surface area (Å²) in [6.07, 6.45) is 2.42. The largest absolute Gasteiger partial charge is 0.444 e. The van der Waals surface area contributed by atoms with Crippen molar-refractivity contribution in [3.8, 4) is 5.69 Å². The lowest BCUT2D eigenvalue weighted by Crippen LogP contribution is -2.27. The van der Waals surface area contributed by atoms with Crippen LogP contribution < -0.4 is 5.32 Å². The molecule has 3 rings (SSSR count). The third kappa shape index (κ3) is 3.87. The summed E-state index contributed by atoms with van der Waals surface area (Å²) < 4.78 is 6.76. The normalized spacial score (nSPS) is 11.6. The number of halogens is 3. The molecule has 0 aliphatic carbocycles. The van der Waals surface area contributed by atoms with Crippen LogP contribution in [0.25, 0.3) is 16.6 Å². The fraction of sp³-hybridized carbons (Fsp3) is 0.235. The first-order valence-corrected chi connectivity index (χ1v) is 8.77. The molecular formula is C17H15Cl3N4O2. The van der Waals surface area contributed by atoms with Crippen LogP contribution in [0.15, 0.2) is 30.6 Å². The number of pyridine rings is 1. The Morgan fingerprint density at radius 2 is 1.81 bits per heavy atom. The zero-order valence-corrected chi connectivity index (χ0v) is 16.4. The number of hydrogen-bond acceptors (Lipinski definition) is 4. The Morgan fingerprint density at radius 1 is 1.15 bits per heavy atom. The van der Waals surface area contributed by atoms with E-state index in [4.69, 9.17) is 39.5 Å². The molecule has 0 unspecified atom stereocenters. The summed E-state index contributed by atoms with van der Waals surface area (Å²) in [5.41, 5.74) is 0.320. The van der Waals surface area contributed by atoms with Crippen molar-refractivity contribution in [1.29, 1.82) is 0 Å². The third-order valence-corrected chi connectivity index (χ3v) is 4.18. The van der Waals surface area contributed by atoms with Crippen LogP contribution in [0.2, 0.25) is 15.1 Å². The van der Waals surface area contributed by atoms with Crippen LogP contribution in [0.4, 0.5) is 10.6 Å². The molecule has 0 aliphatic heterocycles. The van der Waals surface area contributed by atoms with Crippen LogP contribution >= 0.6 is 34.8 Å². The smallest absolute Gasteiger partial charge is 0.413 e. The number of amides is 1. The number of nitrogens with zero attached hydrogens (tertiary/aromatic N) is 3. The lowest BCUT2D eigenvalue weighted by Gasteiger charge is -2.19. The summed E-state index contributed by atoms with van der Waals surface area (Å²) in [7, 11) is 0. The maximum absolute atomic E-state index is 12.1. The molecule has 0 aliphatic rings. The van der Waals surface area contributed by atoms with Gasteiger partial charge in [0.25, 0.3) is 0 Å². The van der Waals surface area contributed by atoms with Gasteiger partial charge in [0.2, 0.25) is 0 Å². The number of para-hydroxylation sites is 1. The molecule has 136 valence electrons. The summed E-state index contributed by atoms with van der Waals surface area (Å²) in [6.45, 7) is 5.32. The minimum atomic E-state index is -0.634. The van der Waals surface area contributed by atoms with Gasteiger partial charge in [-0.1, -0.05) is 40.9 Å². The van der Waals surface area contributed by atoms with Crippen LogP contribution in [0.1, 0.15) is 20.8 Å². The van der Waals surface area contributed by atoms with E-state index in [0.29, 0.717) is 31.7 Å². The Morgan fingerprint density at radius 3 is 2.42 bits per heavy atom. The van der Waals surface area contributed by atoms with Crippen molar-refractivity contribution in [2.24, 2.45) is 0 Å². The molecule has 0 radical (unpaired) electrons. The number of fused-ring (bicyclic) bond motifs is 1. The molecule has 0 saturated carbocycles. The van der Waals surface area contributed by atoms with E-state index in [1.165, 1.54) is 10.9 Å². The minimum Gasteiger partial charge on any atom is -0.444 e. The highest BCUT2D eigenvalue weighted by atomic mass is 35.5. The van der Waals surface area contributed by atoms with Gasteiger partial charge in [-0.25, -0.2) is 14.5 Å². The number of ether oxygens (including phenoxy) is 1. The first-order valence-electron chi connectivity index (χ1n) is 7.64. The van der Waals surface area contributed by atoms with Gasteiger partial charge in [0.1, 0.15) is 22.6 Å². The van der Waals surface area contributed by atoms with Gasteiger partial charge >= 0.3 is 6.09 Å². The van der Waals surface area contributed by atoms with Gasteiger partial charge in [0, 0.05) is 6.20 Å². The zero-order valence-electron chi connectivity index (χ0n) is 14.2. The molecule has 0 spiro atoms. The molecule has 1 N–H and O–H groups in total. The molecule has 3 aromatic rings. The highest BCUT2D eigenvalue weighted by Crippen LogP contribution is 2.32. The average Bonchev–Trinajstić information content (AvgIpc) is 2.94. The van der Waals surface area contributed by atoms with Gasteiger partial charge in [-0.15, -0.1) is 0 Å². The van der Waals surface area contributed by atoms with Crippen LogP contribution in [0, 0.1) is 0 Å². The van der Waals surface area contributed by atoms with E-state index in [-0.39, 0.29) is 5.82 Å². The first kappa shape index (κ1) is 18.8. The Kier molecular flexibility index (Phi) is 5.01. The Bertz CT molecular complexity index is 975. The maximum atomic E-state index is 12.1. The van der Waals surface area contributed by atoms with Gasteiger partial charge in [-0.2, -0.15) is 5.10 Å². The van der Waals surface area contributed by atoms with Gasteiger partial charge < -0.3 is 4.74 Å². The summed E-state index contributed by atoms with van der Waals surface area (Å²) in [5.74, 6) is 0.271. The Hall–Kier alpha value is -2.02. The standard InChI is InChI=1S/C17H15Cl3N4O2/c1-17(2,3)26-16(25)22-15-9-8-24(23-13(9)12(20)7-21-15)14-10(18)5-4-6-11(14)19/h4-8H,1-3H3,(H,21,22,25). The summed E-state index contributed by atoms with van der Waals surface area (Å²) in [6, 6.07) is 5.14. The van der Waals surface area contributed by atoms with Gasteiger partial charge in [-0.05, 0) is 32.9 Å². The van der Waals surface area contributed by atoms with Gasteiger partial charge in [0.15, 0.2) is 0 Å². The molecule has 1 amide bonds. The number of aromatic nitrogens is 3. The van der Waals surface area contributed by atoms with Crippen molar-refractivity contribution in [2.75, 3.05) is 5.32 Å². The summed E-state index contributed by atoms with van der Waals surface area (Å²) in [4.78, 5) is 16.2. The summed E-state index contributed by atoms with van der Waals surface area (Å²) in [5, 5.41) is 8.75. The zero-order chi connectivity index (χ0) is 19.1. The van der Waals surface area contributed by atoms with E-state index in [9.17, 15) is 4.79 Å². The molecule has 1 aromatic carbocycles. The predicted octanol–water partition coefficient (Wildman–Crippen LogP) is 5.73. The van der Waals surface area contributed by atoms with Crippen molar-refractivity contribution in [3.05, 3.63) is 45.7 Å². The van der Waals surface area contributed by atoms with Crippen LogP contribution in [-0.2, 0) is 4.74 Å². The summed E-state index contributed by atoms with van der Waals surface area (Å²) >= 11 is 18.7. The quantitative estimate of drug-likeness (QED) is 0.582. The number of hydrogen-bond donors (Lipinski definition) is 1. The molecule has 2 heterocycles. The fourth-order valence-electron chi connectivity index (χ4n) is 2.30. The number of rotatable bonds is 2. The molecule has 9 heteroatoms. The molecule has 26 heavy (non-hydrogen) atoms. The van der Waals surface area contributed by atoms with Crippen molar-refractivity contribution < 1.29 is 9.53 Å². The van der Waals surface area contributed by atoms with Crippen molar-refractivity contribution in [1.82, 2.24) is 14.8 Å². The lowest BCUT2D eigenvalue weighted by atomic mass is 10.2. The Balaban J connectivity index is 2.07. The van der Waals surface area contributed by atoms with Crippen LogP contribution in [0.5, 0.6) is 0 Å². The lowest BCUT2D eigenvalue weighted by molar-refractivity contribution is 0.0635. The molecule has 6 nitrogen and oxygen atoms in total. The number of anilines is 1. The number of carbonyl (C=O) groups excluding carboxylic acids is 1. The van der Waals surface area contributed by atoms with E-state index in [0.717, 1.165) is 0 Å². The molecule has 0 atom stereocenters. The number of nitrogens with one attached hydrogen (secondary N) is 1. The second-order valence-electron chi connectivity index (χ2n) is 6.49. The van der Waals surface area contributed by atoms with E-state index >= 15 is 0 Å². The monoisotopic (exact) mass is 412 g/mol. The topological polar surface area (TPSA) is 69.0 Å². The molecule has 2 aromatic heterocycles. The highest BCUT2D eigenvalue weighted by molar-refractivity contribution is 6.38. The second kappa shape index (κ2) is 6.95. The van der Waals surface area contributed by atoms with Gasteiger partial charge in [0.05, 0.1) is 26.7 Å². The second-order valence-corrected chi connectivity index (χ2v) is 7.71. The SMILES string of the molecule is CC(C)(C)OC(=O)Nc1ncc(Cl)c2nn(-c3c(Cl)cccc3Cl)cc12. The minimum absolute atomic E-state index is 0.271. The van der Waals surface area contributed by atoms with E-state index in [1.807, 2.05) is 0 Å². The maximum Gasteiger partial charge on any atom is 0.413 e. The molecule has 0 saturated heterocycles. The molecular weight excluding hydrogens is 399 g/mol. The third-order valence-electron chi connectivity index (χ3n) is 3.29. The molecule has 0 bridgehead atoms. The van der Waals surface area contributed by atoms with E-state index in [1.54, 1.807) is 45.2 Å². The van der Waals surface area contributed by atoms with E-state index < -0.39 is 11.7 Å². The predicted molar refractivity (Wildman–Crippen MR) is 104 cm³/mol. The van der Waals surface area contributed by atoms with Crippen LogP contribution in [0.3, 0.4) is 0 Å². The first-order chi connectivity index (χ1) is 12.2. The van der Waals surface area contributed by atoms with Crippen LogP contribution in [-0.4, -0.2) is 26.5 Å². The van der Waals surface area contributed by atoms with E-state index in [2.05, 4.69) is 15.4 Å². The number of carbonyl (C=O) groups is 1.